The van der Waals surface area contributed by atoms with Gasteiger partial charge in [-0.25, -0.2) is 12.7 Å². The van der Waals surface area contributed by atoms with Gasteiger partial charge in [0.25, 0.3) is 0 Å². The maximum atomic E-state index is 12.4. The Hall–Kier alpha value is -2.38. The summed E-state index contributed by atoms with van der Waals surface area (Å²) in [5.74, 6) is -0.243. The van der Waals surface area contributed by atoms with E-state index in [0.717, 1.165) is 22.8 Å². The zero-order chi connectivity index (χ0) is 20.0. The van der Waals surface area contributed by atoms with E-state index in [1.807, 2.05) is 24.3 Å². The molecule has 0 aromatic heterocycles. The van der Waals surface area contributed by atoms with E-state index in [4.69, 9.17) is 0 Å². The highest BCUT2D eigenvalue weighted by Crippen LogP contribution is 2.18. The van der Waals surface area contributed by atoms with Gasteiger partial charge in [0.1, 0.15) is 6.04 Å². The molecule has 0 saturated heterocycles. The minimum atomic E-state index is -3.55. The summed E-state index contributed by atoms with van der Waals surface area (Å²) in [7, 11) is -0.605. The molecule has 2 aromatic carbocycles. The second-order valence-electron chi connectivity index (χ2n) is 6.62. The molecular formula is C20H27N3O3S. The number of hydrogen-bond donors (Lipinski definition) is 2. The monoisotopic (exact) mass is 389 g/mol. The third-order valence-corrected chi connectivity index (χ3v) is 5.96. The number of hydrogen-bond acceptors (Lipinski definition) is 4. The molecule has 6 nitrogen and oxygen atoms in total. The third kappa shape index (κ3) is 5.55. The molecule has 0 unspecified atom stereocenters. The summed E-state index contributed by atoms with van der Waals surface area (Å²) in [6, 6.07) is 13.8. The summed E-state index contributed by atoms with van der Waals surface area (Å²) >= 11 is 0. The van der Waals surface area contributed by atoms with Crippen molar-refractivity contribution in [1.29, 1.82) is 0 Å². The molecule has 2 rings (SSSR count). The van der Waals surface area contributed by atoms with Crippen LogP contribution in [-0.2, 0) is 21.2 Å². The van der Waals surface area contributed by atoms with Gasteiger partial charge in [0.15, 0.2) is 0 Å². The van der Waals surface area contributed by atoms with Crippen LogP contribution in [0.1, 0.15) is 25.8 Å². The van der Waals surface area contributed by atoms with E-state index in [1.54, 1.807) is 19.1 Å². The molecule has 0 aliphatic carbocycles. The Morgan fingerprint density at radius 3 is 2.33 bits per heavy atom. The first-order valence-electron chi connectivity index (χ1n) is 8.93. The number of amides is 1. The van der Waals surface area contributed by atoms with E-state index in [2.05, 4.69) is 17.6 Å². The fourth-order valence-electron chi connectivity index (χ4n) is 2.57. The van der Waals surface area contributed by atoms with Crippen LogP contribution in [-0.4, -0.2) is 38.8 Å². The predicted molar refractivity (Wildman–Crippen MR) is 109 cm³/mol. The molecule has 0 heterocycles. The fourth-order valence-corrected chi connectivity index (χ4v) is 3.52. The van der Waals surface area contributed by atoms with Crippen molar-refractivity contribution in [2.75, 3.05) is 24.7 Å². The van der Waals surface area contributed by atoms with Crippen molar-refractivity contribution in [2.24, 2.45) is 0 Å². The molecule has 0 saturated carbocycles. The SMILES string of the molecule is CCCc1ccc(N[C@@H](C)C(=O)Nc2cccc(S(=O)(=O)N(C)C)c2)cc1. The molecule has 1 atom stereocenters. The highest BCUT2D eigenvalue weighted by molar-refractivity contribution is 7.89. The Labute approximate surface area is 161 Å². The Morgan fingerprint density at radius 1 is 1.07 bits per heavy atom. The largest absolute Gasteiger partial charge is 0.374 e. The van der Waals surface area contributed by atoms with Gasteiger partial charge in [0.2, 0.25) is 15.9 Å². The number of nitrogens with zero attached hydrogens (tertiary/aromatic N) is 1. The van der Waals surface area contributed by atoms with Crippen molar-refractivity contribution < 1.29 is 13.2 Å². The average Bonchev–Trinajstić information content (AvgIpc) is 2.63. The average molecular weight is 390 g/mol. The highest BCUT2D eigenvalue weighted by Gasteiger charge is 2.18. The van der Waals surface area contributed by atoms with Crippen LogP contribution in [0.15, 0.2) is 53.4 Å². The van der Waals surface area contributed by atoms with Crippen molar-refractivity contribution >= 4 is 27.3 Å². The van der Waals surface area contributed by atoms with Gasteiger partial charge in [-0.1, -0.05) is 31.5 Å². The van der Waals surface area contributed by atoms with E-state index in [9.17, 15) is 13.2 Å². The van der Waals surface area contributed by atoms with Crippen LogP contribution in [0, 0.1) is 0 Å². The van der Waals surface area contributed by atoms with Crippen LogP contribution in [0.2, 0.25) is 0 Å². The quantitative estimate of drug-likeness (QED) is 0.726. The maximum Gasteiger partial charge on any atom is 0.246 e. The van der Waals surface area contributed by atoms with Crippen LogP contribution in [0.3, 0.4) is 0 Å². The van der Waals surface area contributed by atoms with Crippen LogP contribution >= 0.6 is 0 Å². The van der Waals surface area contributed by atoms with Crippen molar-refractivity contribution in [2.45, 2.75) is 37.6 Å². The molecule has 146 valence electrons. The number of carbonyl (C=O) groups is 1. The lowest BCUT2D eigenvalue weighted by atomic mass is 10.1. The first-order chi connectivity index (χ1) is 12.7. The van der Waals surface area contributed by atoms with Crippen LogP contribution in [0.5, 0.6) is 0 Å². The van der Waals surface area contributed by atoms with Gasteiger partial charge in [0, 0.05) is 25.5 Å². The van der Waals surface area contributed by atoms with E-state index in [1.165, 1.54) is 31.8 Å². The Kier molecular flexibility index (Phi) is 6.98. The van der Waals surface area contributed by atoms with Gasteiger partial charge in [-0.3, -0.25) is 4.79 Å². The molecule has 0 aliphatic rings. The van der Waals surface area contributed by atoms with E-state index in [-0.39, 0.29) is 10.8 Å². The van der Waals surface area contributed by atoms with Gasteiger partial charge in [0.05, 0.1) is 4.90 Å². The number of benzene rings is 2. The summed E-state index contributed by atoms with van der Waals surface area (Å²) in [4.78, 5) is 12.6. The number of sulfonamides is 1. The zero-order valence-corrected chi connectivity index (χ0v) is 17.0. The molecule has 2 N–H and O–H groups in total. The second-order valence-corrected chi connectivity index (χ2v) is 8.77. The molecule has 0 fully saturated rings. The number of nitrogens with one attached hydrogen (secondary N) is 2. The van der Waals surface area contributed by atoms with E-state index >= 15 is 0 Å². The van der Waals surface area contributed by atoms with Crippen molar-refractivity contribution in [3.8, 4) is 0 Å². The molecule has 2 aromatic rings. The Balaban J connectivity index is 2.04. The summed E-state index contributed by atoms with van der Waals surface area (Å²) in [5.41, 5.74) is 2.57. The molecule has 0 aliphatic heterocycles. The zero-order valence-electron chi connectivity index (χ0n) is 16.2. The van der Waals surface area contributed by atoms with Gasteiger partial charge in [-0.05, 0) is 49.2 Å². The van der Waals surface area contributed by atoms with Gasteiger partial charge in [-0.15, -0.1) is 0 Å². The number of aryl methyl sites for hydroxylation is 1. The highest BCUT2D eigenvalue weighted by atomic mass is 32.2. The number of anilines is 2. The Bertz CT molecular complexity index is 878. The Morgan fingerprint density at radius 2 is 1.74 bits per heavy atom. The first-order valence-corrected chi connectivity index (χ1v) is 10.4. The summed E-state index contributed by atoms with van der Waals surface area (Å²) in [5, 5.41) is 5.92. The van der Waals surface area contributed by atoms with Crippen LogP contribution in [0.25, 0.3) is 0 Å². The molecule has 27 heavy (non-hydrogen) atoms. The van der Waals surface area contributed by atoms with Crippen molar-refractivity contribution in [3.63, 3.8) is 0 Å². The lowest BCUT2D eigenvalue weighted by Gasteiger charge is -2.17. The molecule has 0 radical (unpaired) electrons. The van der Waals surface area contributed by atoms with Crippen LogP contribution < -0.4 is 10.6 Å². The van der Waals surface area contributed by atoms with Gasteiger partial charge in [-0.2, -0.15) is 0 Å². The fraction of sp³-hybridized carbons (Fsp3) is 0.350. The minimum absolute atomic E-state index is 0.137. The number of rotatable bonds is 8. The third-order valence-electron chi connectivity index (χ3n) is 4.15. The minimum Gasteiger partial charge on any atom is -0.374 e. The smallest absolute Gasteiger partial charge is 0.246 e. The summed E-state index contributed by atoms with van der Waals surface area (Å²) in [6.45, 7) is 3.90. The molecular weight excluding hydrogens is 362 g/mol. The van der Waals surface area contributed by atoms with Gasteiger partial charge >= 0.3 is 0 Å². The maximum absolute atomic E-state index is 12.4. The molecule has 0 bridgehead atoms. The standard InChI is InChI=1S/C20H27N3O3S/c1-5-7-16-10-12-17(13-11-16)21-15(2)20(24)22-18-8-6-9-19(14-18)27(25,26)23(3)4/h6,8-15,21H,5,7H2,1-4H3,(H,22,24)/t15-/m0/s1. The number of carbonyl (C=O) groups excluding carboxylic acids is 1. The summed E-state index contributed by atoms with van der Waals surface area (Å²) in [6.07, 6.45) is 2.12. The lowest BCUT2D eigenvalue weighted by Crippen LogP contribution is -2.32. The van der Waals surface area contributed by atoms with Crippen molar-refractivity contribution in [3.05, 3.63) is 54.1 Å². The predicted octanol–water partition coefficient (Wildman–Crippen LogP) is 3.33. The normalized spacial score (nSPS) is 12.6. The second kappa shape index (κ2) is 9.01. The van der Waals surface area contributed by atoms with Gasteiger partial charge < -0.3 is 10.6 Å². The lowest BCUT2D eigenvalue weighted by molar-refractivity contribution is -0.116. The first kappa shape index (κ1) is 20.9. The van der Waals surface area contributed by atoms with E-state index < -0.39 is 16.1 Å². The summed E-state index contributed by atoms with van der Waals surface area (Å²) < 4.78 is 25.6. The topological polar surface area (TPSA) is 78.5 Å². The molecule has 7 heteroatoms. The van der Waals surface area contributed by atoms with Crippen molar-refractivity contribution in [1.82, 2.24) is 4.31 Å². The molecule has 1 amide bonds. The molecule has 0 spiro atoms. The van der Waals surface area contributed by atoms with Crippen LogP contribution in [0.4, 0.5) is 11.4 Å². The van der Waals surface area contributed by atoms with E-state index in [0.29, 0.717) is 5.69 Å².